The molecule has 0 nitrogen and oxygen atoms in total. The predicted molar refractivity (Wildman–Crippen MR) is 0 cm³/mol. The second-order valence-electron chi connectivity index (χ2n) is 0. The molecule has 0 aliphatic heterocycles. The molecule has 4 heavy (non-hydrogen) atoms. The van der Waals surface area contributed by atoms with Crippen LogP contribution < -0.4 is 0 Å². The van der Waals surface area contributed by atoms with E-state index in [0.29, 0.717) is 0 Å². The minimum absolute atomic E-state index is 0. The standard InChI is InChI=1S/Cr.Mo.2Ni. The monoisotopic (exact) mass is 266 g/mol. The van der Waals surface area contributed by atoms with E-state index in [1.165, 1.54) is 0 Å². The Morgan fingerprint density at radius 2 is 0.750 bits per heavy atom. The average molecular weight is 265 g/mol. The maximum atomic E-state index is 0. The second-order valence-corrected chi connectivity index (χ2v) is 0. The Balaban J connectivity index is 0. The molecule has 0 atom stereocenters. The van der Waals surface area contributed by atoms with Gasteiger partial charge in [0.25, 0.3) is 0 Å². The largest absolute Gasteiger partial charge is 0 e. The van der Waals surface area contributed by atoms with Crippen molar-refractivity contribution in [1.29, 1.82) is 0 Å². The van der Waals surface area contributed by atoms with Gasteiger partial charge in [-0.25, -0.2) is 0 Å². The van der Waals surface area contributed by atoms with Gasteiger partial charge in [-0.3, -0.25) is 0 Å². The van der Waals surface area contributed by atoms with E-state index in [2.05, 4.69) is 0 Å². The summed E-state index contributed by atoms with van der Waals surface area (Å²) < 4.78 is 0. The van der Waals surface area contributed by atoms with Crippen molar-refractivity contribution in [2.24, 2.45) is 0 Å². The first-order chi connectivity index (χ1) is 0. The van der Waals surface area contributed by atoms with Crippen molar-refractivity contribution in [2.45, 2.75) is 0 Å². The van der Waals surface area contributed by atoms with Crippen LogP contribution in [0.3, 0.4) is 0 Å². The summed E-state index contributed by atoms with van der Waals surface area (Å²) in [5, 5.41) is 0. The molecule has 0 rings (SSSR count). The maximum Gasteiger partial charge on any atom is 0 e. The summed E-state index contributed by atoms with van der Waals surface area (Å²) in [5.41, 5.74) is 0. The molecule has 0 aliphatic carbocycles. The van der Waals surface area contributed by atoms with Crippen LogP contribution >= 0.6 is 0 Å². The van der Waals surface area contributed by atoms with Crippen LogP contribution in [0.5, 0.6) is 0 Å². The second kappa shape index (κ2) is 18.9. The van der Waals surface area contributed by atoms with Crippen molar-refractivity contribution < 1.29 is 71.4 Å². The van der Waals surface area contributed by atoms with Crippen LogP contribution in [-0.2, 0) is 71.4 Å². The summed E-state index contributed by atoms with van der Waals surface area (Å²) in [7, 11) is 0. The summed E-state index contributed by atoms with van der Waals surface area (Å²) in [5.74, 6) is 0. The normalized spacial score (nSPS) is 0. The van der Waals surface area contributed by atoms with Crippen LogP contribution in [-0.4, -0.2) is 0 Å². The van der Waals surface area contributed by atoms with Crippen molar-refractivity contribution in [3.8, 4) is 0 Å². The van der Waals surface area contributed by atoms with E-state index < -0.39 is 0 Å². The van der Waals surface area contributed by atoms with E-state index in [-0.39, 0.29) is 71.4 Å². The Labute approximate surface area is 70.7 Å². The van der Waals surface area contributed by atoms with Crippen molar-refractivity contribution >= 4 is 0 Å². The van der Waals surface area contributed by atoms with E-state index in [0.717, 1.165) is 0 Å². The molecule has 0 saturated heterocycles. The molecular formula is CrMoNi2. The Kier molecular flexibility index (Phi) is 163. The molecule has 0 amide bonds. The van der Waals surface area contributed by atoms with E-state index >= 15 is 0 Å². The molecule has 0 aromatic rings. The Bertz CT molecular complexity index is 6.00. The molecule has 0 heterocycles. The fourth-order valence-corrected chi connectivity index (χ4v) is 0. The molecule has 0 N–H and O–H groups in total. The van der Waals surface area contributed by atoms with Gasteiger partial charge in [0.2, 0.25) is 0 Å². The van der Waals surface area contributed by atoms with E-state index in [1.54, 1.807) is 0 Å². The first-order valence-electron chi connectivity index (χ1n) is 0. The molecule has 0 unspecified atom stereocenters. The first kappa shape index (κ1) is 34.5. The molecule has 4 heteroatoms. The summed E-state index contributed by atoms with van der Waals surface area (Å²) in [6.45, 7) is 0. The van der Waals surface area contributed by atoms with Gasteiger partial charge in [-0.2, -0.15) is 0 Å². The summed E-state index contributed by atoms with van der Waals surface area (Å²) >= 11 is 0. The summed E-state index contributed by atoms with van der Waals surface area (Å²) in [6, 6.07) is 0. The zero-order chi connectivity index (χ0) is 0. The molecular weight excluding hydrogens is 265 g/mol. The zero-order valence-electron chi connectivity index (χ0n) is 1.45. The van der Waals surface area contributed by atoms with Gasteiger partial charge in [0.15, 0.2) is 0 Å². The summed E-state index contributed by atoms with van der Waals surface area (Å²) in [6.07, 6.45) is 0. The molecule has 0 radical (unpaired) electrons. The molecule has 0 aromatic carbocycles. The van der Waals surface area contributed by atoms with Crippen LogP contribution in [0.15, 0.2) is 0 Å². The number of hydrogen-bond donors (Lipinski definition) is 0. The van der Waals surface area contributed by atoms with Crippen LogP contribution in [0.25, 0.3) is 0 Å². The van der Waals surface area contributed by atoms with Crippen molar-refractivity contribution in [1.82, 2.24) is 0 Å². The minimum Gasteiger partial charge on any atom is 0 e. The zero-order valence-corrected chi connectivity index (χ0v) is 6.71. The Morgan fingerprint density at radius 3 is 0.750 bits per heavy atom. The molecule has 0 fully saturated rings. The van der Waals surface area contributed by atoms with Gasteiger partial charge < -0.3 is 0 Å². The van der Waals surface area contributed by atoms with Gasteiger partial charge in [-0.1, -0.05) is 0 Å². The Morgan fingerprint density at radius 1 is 0.750 bits per heavy atom. The van der Waals surface area contributed by atoms with E-state index in [9.17, 15) is 0 Å². The molecule has 0 saturated carbocycles. The smallest absolute Gasteiger partial charge is 0 e. The van der Waals surface area contributed by atoms with Gasteiger partial charge in [0.1, 0.15) is 0 Å². The third-order valence-corrected chi connectivity index (χ3v) is 0. The van der Waals surface area contributed by atoms with E-state index in [1.807, 2.05) is 0 Å². The molecule has 0 aromatic heterocycles. The molecule has 0 aliphatic rings. The van der Waals surface area contributed by atoms with E-state index in [4.69, 9.17) is 0 Å². The van der Waals surface area contributed by atoms with Gasteiger partial charge in [0, 0.05) is 71.4 Å². The van der Waals surface area contributed by atoms with Gasteiger partial charge in [-0.15, -0.1) is 0 Å². The fourth-order valence-electron chi connectivity index (χ4n) is 0. The third-order valence-electron chi connectivity index (χ3n) is 0. The van der Waals surface area contributed by atoms with Gasteiger partial charge >= 0.3 is 0 Å². The Hall–Kier alpha value is 2.21. The molecule has 0 bridgehead atoms. The van der Waals surface area contributed by atoms with Crippen LogP contribution in [0.2, 0.25) is 0 Å². The van der Waals surface area contributed by atoms with Gasteiger partial charge in [0.05, 0.1) is 0 Å². The first-order valence-corrected chi connectivity index (χ1v) is 0. The van der Waals surface area contributed by atoms with Crippen LogP contribution in [0.1, 0.15) is 0 Å². The SMILES string of the molecule is [Cr].[Mo].[Ni].[Ni]. The van der Waals surface area contributed by atoms with Crippen molar-refractivity contribution in [3.63, 3.8) is 0 Å². The van der Waals surface area contributed by atoms with Crippen LogP contribution in [0, 0.1) is 0 Å². The number of rotatable bonds is 0. The summed E-state index contributed by atoms with van der Waals surface area (Å²) in [4.78, 5) is 0. The predicted octanol–water partition coefficient (Wildman–Crippen LogP) is -0.0100. The minimum atomic E-state index is 0. The van der Waals surface area contributed by atoms with Gasteiger partial charge in [-0.05, 0) is 0 Å². The van der Waals surface area contributed by atoms with Crippen molar-refractivity contribution in [3.05, 3.63) is 0 Å². The quantitative estimate of drug-likeness (QED) is 0.541. The average Bonchev–Trinajstić information content (AvgIpc) is 0. The fraction of sp³-hybridized carbons (Fsp3) is 0. The maximum absolute atomic E-state index is 0. The third kappa shape index (κ3) is 8.88. The van der Waals surface area contributed by atoms with Crippen molar-refractivity contribution in [2.75, 3.05) is 0 Å². The number of hydrogen-bond acceptors (Lipinski definition) is 0. The van der Waals surface area contributed by atoms with Crippen LogP contribution in [0.4, 0.5) is 0 Å². The molecule has 0 spiro atoms. The molecule has 32 valence electrons. The topological polar surface area (TPSA) is 0 Å².